The Labute approximate surface area is 170 Å². The molecule has 0 unspecified atom stereocenters. The van der Waals surface area contributed by atoms with Crippen LogP contribution in [0.2, 0.25) is 0 Å². The number of aromatic nitrogens is 2. The molecule has 3 rings (SSSR count). The number of nitrogens with zero attached hydrogens (tertiary/aromatic N) is 2. The maximum absolute atomic E-state index is 11.8. The molecule has 0 spiro atoms. The predicted molar refractivity (Wildman–Crippen MR) is 111 cm³/mol. The van der Waals surface area contributed by atoms with Gasteiger partial charge in [0.1, 0.15) is 11.6 Å². The molecular formula is C23H24N2O4. The first-order chi connectivity index (χ1) is 14.1. The number of imidazole rings is 1. The highest BCUT2D eigenvalue weighted by Crippen LogP contribution is 2.21. The van der Waals surface area contributed by atoms with Gasteiger partial charge in [0.25, 0.3) is 0 Å². The van der Waals surface area contributed by atoms with E-state index in [2.05, 4.69) is 4.98 Å². The number of benzene rings is 2. The Morgan fingerprint density at radius 2 is 1.83 bits per heavy atom. The van der Waals surface area contributed by atoms with Crippen molar-refractivity contribution in [3.05, 3.63) is 89.2 Å². The van der Waals surface area contributed by atoms with Crippen LogP contribution in [-0.4, -0.2) is 34.3 Å². The zero-order valence-corrected chi connectivity index (χ0v) is 16.5. The van der Waals surface area contributed by atoms with E-state index in [0.717, 1.165) is 16.9 Å². The lowest BCUT2D eigenvalue weighted by Gasteiger charge is -2.12. The molecule has 0 amide bonds. The van der Waals surface area contributed by atoms with Crippen LogP contribution in [-0.2, 0) is 17.7 Å². The average molecular weight is 392 g/mol. The van der Waals surface area contributed by atoms with Gasteiger partial charge in [0.15, 0.2) is 5.69 Å². The van der Waals surface area contributed by atoms with Gasteiger partial charge in [0, 0.05) is 13.0 Å². The zero-order chi connectivity index (χ0) is 20.6. The molecule has 0 bridgehead atoms. The highest BCUT2D eigenvalue weighted by Gasteiger charge is 2.21. The Hall–Kier alpha value is -3.54. The van der Waals surface area contributed by atoms with Crippen LogP contribution < -0.4 is 4.74 Å². The van der Waals surface area contributed by atoms with Crippen LogP contribution in [0.5, 0.6) is 5.75 Å². The molecule has 0 saturated heterocycles. The minimum Gasteiger partial charge on any atom is -0.501 e. The van der Waals surface area contributed by atoms with Crippen LogP contribution in [0.4, 0.5) is 0 Å². The third kappa shape index (κ3) is 5.04. The first kappa shape index (κ1) is 20.2. The number of carbonyl (C=O) groups is 1. The van der Waals surface area contributed by atoms with E-state index in [9.17, 15) is 9.90 Å². The number of hydrogen-bond donors (Lipinski definition) is 1. The third-order valence-electron chi connectivity index (χ3n) is 4.48. The van der Waals surface area contributed by atoms with Crippen LogP contribution in [0.15, 0.2) is 60.9 Å². The van der Waals surface area contributed by atoms with E-state index in [1.54, 1.807) is 13.2 Å². The number of carboxylic acid groups (broad SMARTS) is 1. The number of carboxylic acids is 1. The summed E-state index contributed by atoms with van der Waals surface area (Å²) in [6.45, 7) is 2.86. The molecule has 1 aromatic heterocycles. The van der Waals surface area contributed by atoms with Gasteiger partial charge in [-0.1, -0.05) is 42.5 Å². The standard InChI is InChI=1S/C23H24N2O4/c1-3-29-14-13-20-22(23(26)27)24-21(15-17-7-5-4-6-8-17)25(20)16-18-9-11-19(28-2)12-10-18/h4-14H,3,15-16H2,1-2H3,(H,26,27)/b14-13+. The van der Waals surface area contributed by atoms with Gasteiger partial charge in [-0.05, 0) is 36.3 Å². The van der Waals surface area contributed by atoms with Gasteiger partial charge < -0.3 is 19.1 Å². The molecule has 0 fully saturated rings. The summed E-state index contributed by atoms with van der Waals surface area (Å²) in [5.74, 6) is 0.385. The molecule has 0 aliphatic heterocycles. The molecule has 0 radical (unpaired) electrons. The van der Waals surface area contributed by atoms with Crippen LogP contribution in [0.1, 0.15) is 40.1 Å². The van der Waals surface area contributed by atoms with Crippen LogP contribution in [0, 0.1) is 0 Å². The normalized spacial score (nSPS) is 11.0. The molecule has 2 aromatic carbocycles. The fourth-order valence-electron chi connectivity index (χ4n) is 3.05. The number of aromatic carboxylic acids is 1. The molecule has 6 nitrogen and oxygen atoms in total. The molecule has 0 aliphatic carbocycles. The topological polar surface area (TPSA) is 73.6 Å². The number of hydrogen-bond acceptors (Lipinski definition) is 4. The van der Waals surface area contributed by atoms with E-state index < -0.39 is 5.97 Å². The van der Waals surface area contributed by atoms with Gasteiger partial charge in [0.05, 0.1) is 25.7 Å². The average Bonchev–Trinajstić information content (AvgIpc) is 3.07. The lowest BCUT2D eigenvalue weighted by atomic mass is 10.1. The first-order valence-electron chi connectivity index (χ1n) is 9.40. The number of rotatable bonds is 9. The largest absolute Gasteiger partial charge is 0.501 e. The highest BCUT2D eigenvalue weighted by molar-refractivity contribution is 5.89. The Balaban J connectivity index is 2.05. The SMILES string of the molecule is CCO/C=C/c1c(C(=O)O)nc(Cc2ccccc2)n1Cc1ccc(OC)cc1. The lowest BCUT2D eigenvalue weighted by molar-refractivity contribution is 0.0690. The molecular weight excluding hydrogens is 368 g/mol. The zero-order valence-electron chi connectivity index (χ0n) is 16.5. The monoisotopic (exact) mass is 392 g/mol. The van der Waals surface area contributed by atoms with E-state index in [-0.39, 0.29) is 5.69 Å². The fourth-order valence-corrected chi connectivity index (χ4v) is 3.05. The van der Waals surface area contributed by atoms with Gasteiger partial charge in [-0.15, -0.1) is 0 Å². The maximum Gasteiger partial charge on any atom is 0.356 e. The molecule has 1 heterocycles. The Bertz CT molecular complexity index is 976. The van der Waals surface area contributed by atoms with Gasteiger partial charge in [-0.3, -0.25) is 0 Å². The van der Waals surface area contributed by atoms with Crippen molar-refractivity contribution in [3.8, 4) is 5.75 Å². The van der Waals surface area contributed by atoms with Crippen molar-refractivity contribution >= 4 is 12.0 Å². The fraction of sp³-hybridized carbons (Fsp3) is 0.217. The van der Waals surface area contributed by atoms with Crippen molar-refractivity contribution in [1.82, 2.24) is 9.55 Å². The van der Waals surface area contributed by atoms with E-state index >= 15 is 0 Å². The Morgan fingerprint density at radius 3 is 2.45 bits per heavy atom. The molecule has 1 N–H and O–H groups in total. The van der Waals surface area contributed by atoms with Crippen molar-refractivity contribution in [1.29, 1.82) is 0 Å². The molecule has 0 aliphatic rings. The van der Waals surface area contributed by atoms with Crippen molar-refractivity contribution in [3.63, 3.8) is 0 Å². The van der Waals surface area contributed by atoms with Crippen molar-refractivity contribution in [2.24, 2.45) is 0 Å². The minimum absolute atomic E-state index is 0.0143. The van der Waals surface area contributed by atoms with Crippen LogP contribution >= 0.6 is 0 Å². The lowest BCUT2D eigenvalue weighted by Crippen LogP contribution is -2.08. The molecule has 6 heteroatoms. The summed E-state index contributed by atoms with van der Waals surface area (Å²) in [4.78, 5) is 16.3. The molecule has 29 heavy (non-hydrogen) atoms. The van der Waals surface area contributed by atoms with E-state index in [1.807, 2.05) is 66.1 Å². The van der Waals surface area contributed by atoms with Crippen molar-refractivity contribution in [2.75, 3.05) is 13.7 Å². The second-order valence-electron chi connectivity index (χ2n) is 6.42. The number of methoxy groups -OCH3 is 1. The maximum atomic E-state index is 11.8. The number of ether oxygens (including phenoxy) is 2. The summed E-state index contributed by atoms with van der Waals surface area (Å²) >= 11 is 0. The Kier molecular flexibility index (Phi) is 6.68. The molecule has 0 atom stereocenters. The first-order valence-corrected chi connectivity index (χ1v) is 9.40. The van der Waals surface area contributed by atoms with E-state index in [0.29, 0.717) is 31.1 Å². The summed E-state index contributed by atoms with van der Waals surface area (Å²) in [6, 6.07) is 17.6. The van der Waals surface area contributed by atoms with E-state index in [1.165, 1.54) is 6.26 Å². The minimum atomic E-state index is -1.07. The van der Waals surface area contributed by atoms with Gasteiger partial charge >= 0.3 is 5.97 Å². The molecule has 0 saturated carbocycles. The molecule has 150 valence electrons. The highest BCUT2D eigenvalue weighted by atomic mass is 16.5. The van der Waals surface area contributed by atoms with Gasteiger partial charge in [0.2, 0.25) is 0 Å². The summed E-state index contributed by atoms with van der Waals surface area (Å²) in [6.07, 6.45) is 3.71. The van der Waals surface area contributed by atoms with Gasteiger partial charge in [-0.25, -0.2) is 9.78 Å². The second-order valence-corrected chi connectivity index (χ2v) is 6.42. The molecule has 3 aromatic rings. The second kappa shape index (κ2) is 9.59. The van der Waals surface area contributed by atoms with Crippen molar-refractivity contribution in [2.45, 2.75) is 19.9 Å². The smallest absolute Gasteiger partial charge is 0.356 e. The summed E-state index contributed by atoms with van der Waals surface area (Å²) < 4.78 is 12.5. The Morgan fingerprint density at radius 1 is 1.10 bits per heavy atom. The summed E-state index contributed by atoms with van der Waals surface area (Å²) in [7, 11) is 1.62. The predicted octanol–water partition coefficient (Wildman–Crippen LogP) is 4.24. The van der Waals surface area contributed by atoms with Crippen LogP contribution in [0.3, 0.4) is 0 Å². The quantitative estimate of drug-likeness (QED) is 0.552. The summed E-state index contributed by atoms with van der Waals surface area (Å²) in [5.41, 5.74) is 2.60. The van der Waals surface area contributed by atoms with E-state index in [4.69, 9.17) is 9.47 Å². The van der Waals surface area contributed by atoms with Crippen LogP contribution in [0.25, 0.3) is 6.08 Å². The van der Waals surface area contributed by atoms with Gasteiger partial charge in [-0.2, -0.15) is 0 Å². The third-order valence-corrected chi connectivity index (χ3v) is 4.48. The van der Waals surface area contributed by atoms with Crippen molar-refractivity contribution < 1.29 is 19.4 Å². The summed E-state index contributed by atoms with van der Waals surface area (Å²) in [5, 5.41) is 9.69.